The lowest BCUT2D eigenvalue weighted by molar-refractivity contribution is -0.140. The molecule has 8 nitrogen and oxygen atoms in total. The highest BCUT2D eigenvalue weighted by molar-refractivity contribution is 9.10. The van der Waals surface area contributed by atoms with Gasteiger partial charge in [0.2, 0.25) is 11.8 Å². The Morgan fingerprint density at radius 2 is 1.51 bits per heavy atom. The summed E-state index contributed by atoms with van der Waals surface area (Å²) < 4.78 is 35.8. The molecule has 2 amide bonds. The van der Waals surface area contributed by atoms with Gasteiger partial charge in [-0.25, -0.2) is 8.42 Å². The number of nitrogens with one attached hydrogen (secondary N) is 1. The molecule has 0 saturated carbocycles. The van der Waals surface area contributed by atoms with Gasteiger partial charge in [-0.05, 0) is 93.4 Å². The van der Waals surface area contributed by atoms with E-state index in [-0.39, 0.29) is 29.5 Å². The third-order valence-corrected chi connectivity index (χ3v) is 9.87. The van der Waals surface area contributed by atoms with E-state index in [0.717, 1.165) is 9.87 Å². The number of halogens is 2. The topological polar surface area (TPSA) is 96.0 Å². The summed E-state index contributed by atoms with van der Waals surface area (Å²) in [5.74, 6) is -0.389. The van der Waals surface area contributed by atoms with E-state index in [2.05, 4.69) is 21.2 Å². The smallest absolute Gasteiger partial charge is 0.264 e. The van der Waals surface area contributed by atoms with E-state index in [1.165, 1.54) is 17.0 Å². The third-order valence-electron chi connectivity index (χ3n) is 7.18. The molecule has 4 aromatic carbocycles. The number of sulfonamides is 1. The molecule has 0 radical (unpaired) electrons. The van der Waals surface area contributed by atoms with Gasteiger partial charge in [0.1, 0.15) is 18.3 Å². The largest absolute Gasteiger partial charge is 0.494 e. The minimum atomic E-state index is -4.24. The molecule has 1 N–H and O–H groups in total. The standard InChI is InChI=1S/C36H39BrClN3O5S/c1-5-46-30-19-17-29(18-20-30)41(47(44,45)31-21-15-28(37)16-22-31)25-34(42)40(24-27-13-9-10-14-32(27)38)33(35(43)39-36(2,3)4)23-26-11-7-6-8-12-26/h6-22,33H,5,23-25H2,1-4H3,(H,39,43)/t33-/m0/s1. The van der Waals surface area contributed by atoms with Crippen LogP contribution >= 0.6 is 27.5 Å². The van der Waals surface area contributed by atoms with E-state index < -0.39 is 34.1 Å². The quantitative estimate of drug-likeness (QED) is 0.156. The molecule has 11 heteroatoms. The van der Waals surface area contributed by atoms with Crippen LogP contribution in [-0.4, -0.2) is 49.9 Å². The van der Waals surface area contributed by atoms with Crippen molar-refractivity contribution in [3.63, 3.8) is 0 Å². The van der Waals surface area contributed by atoms with Crippen LogP contribution in [0.4, 0.5) is 5.69 Å². The van der Waals surface area contributed by atoms with Crippen LogP contribution in [0.5, 0.6) is 5.75 Å². The highest BCUT2D eigenvalue weighted by atomic mass is 79.9. The van der Waals surface area contributed by atoms with Crippen molar-refractivity contribution >= 4 is 55.1 Å². The van der Waals surface area contributed by atoms with Crippen molar-refractivity contribution < 1.29 is 22.7 Å². The molecule has 0 saturated heterocycles. The maximum atomic E-state index is 14.6. The fourth-order valence-electron chi connectivity index (χ4n) is 4.95. The second kappa shape index (κ2) is 15.8. The molecule has 4 rings (SSSR count). The Kier molecular flexibility index (Phi) is 12.1. The Morgan fingerprint density at radius 1 is 0.894 bits per heavy atom. The molecule has 1 atom stereocenters. The normalized spacial score (nSPS) is 12.2. The zero-order valence-electron chi connectivity index (χ0n) is 26.8. The van der Waals surface area contributed by atoms with Crippen molar-refractivity contribution in [2.75, 3.05) is 17.5 Å². The molecule has 248 valence electrons. The summed E-state index contributed by atoms with van der Waals surface area (Å²) in [6.07, 6.45) is 0.196. The van der Waals surface area contributed by atoms with Gasteiger partial charge < -0.3 is 15.0 Å². The lowest BCUT2D eigenvalue weighted by Gasteiger charge is -2.35. The maximum absolute atomic E-state index is 14.6. The predicted molar refractivity (Wildman–Crippen MR) is 190 cm³/mol. The zero-order chi connectivity index (χ0) is 34.2. The first-order valence-corrected chi connectivity index (χ1v) is 17.8. The van der Waals surface area contributed by atoms with Gasteiger partial charge in [0, 0.05) is 28.0 Å². The summed E-state index contributed by atoms with van der Waals surface area (Å²) in [4.78, 5) is 30.0. The lowest BCUT2D eigenvalue weighted by Crippen LogP contribution is -2.56. The first kappa shape index (κ1) is 36.0. The Balaban J connectivity index is 1.82. The van der Waals surface area contributed by atoms with Crippen molar-refractivity contribution in [2.45, 2.75) is 57.1 Å². The second-order valence-electron chi connectivity index (χ2n) is 12.0. The van der Waals surface area contributed by atoms with Gasteiger partial charge in [0.05, 0.1) is 17.2 Å². The van der Waals surface area contributed by atoms with E-state index in [1.807, 2.05) is 58.0 Å². The number of amides is 2. The lowest BCUT2D eigenvalue weighted by atomic mass is 10.0. The molecule has 0 aliphatic rings. The molecule has 0 spiro atoms. The summed E-state index contributed by atoms with van der Waals surface area (Å²) >= 11 is 9.93. The molecule has 0 bridgehead atoms. The monoisotopic (exact) mass is 739 g/mol. The Bertz CT molecular complexity index is 1760. The summed E-state index contributed by atoms with van der Waals surface area (Å²) in [5, 5.41) is 3.45. The third kappa shape index (κ3) is 9.82. The number of hydrogen-bond donors (Lipinski definition) is 1. The SMILES string of the molecule is CCOc1ccc(N(CC(=O)N(Cc2ccccc2Cl)[C@@H](Cc2ccccc2)C(=O)NC(C)(C)C)S(=O)(=O)c2ccc(Br)cc2)cc1. The summed E-state index contributed by atoms with van der Waals surface area (Å²) in [6, 6.07) is 28.2. The van der Waals surface area contributed by atoms with Gasteiger partial charge in [0.15, 0.2) is 0 Å². The van der Waals surface area contributed by atoms with Gasteiger partial charge in [-0.3, -0.25) is 13.9 Å². The number of nitrogens with zero attached hydrogens (tertiary/aromatic N) is 2. The van der Waals surface area contributed by atoms with E-state index in [9.17, 15) is 18.0 Å². The van der Waals surface area contributed by atoms with E-state index in [1.54, 1.807) is 60.7 Å². The molecule has 0 aromatic heterocycles. The average molecular weight is 741 g/mol. The number of hydrogen-bond acceptors (Lipinski definition) is 5. The predicted octanol–water partition coefficient (Wildman–Crippen LogP) is 7.25. The van der Waals surface area contributed by atoms with Crippen molar-refractivity contribution in [2.24, 2.45) is 0 Å². The molecule has 0 aliphatic carbocycles. The average Bonchev–Trinajstić information content (AvgIpc) is 3.02. The number of ether oxygens (including phenoxy) is 1. The number of carbonyl (C=O) groups excluding carboxylic acids is 2. The molecule has 0 unspecified atom stereocenters. The minimum Gasteiger partial charge on any atom is -0.494 e. The molecular formula is C36H39BrClN3O5S. The van der Waals surface area contributed by atoms with Crippen molar-refractivity contribution in [3.8, 4) is 5.75 Å². The van der Waals surface area contributed by atoms with Crippen molar-refractivity contribution in [1.29, 1.82) is 0 Å². The van der Waals surface area contributed by atoms with Crippen molar-refractivity contribution in [1.82, 2.24) is 10.2 Å². The van der Waals surface area contributed by atoms with Crippen LogP contribution in [0.3, 0.4) is 0 Å². The Morgan fingerprint density at radius 3 is 2.11 bits per heavy atom. The number of carbonyl (C=O) groups is 2. The van der Waals surface area contributed by atoms with Gasteiger partial charge in [-0.1, -0.05) is 76.1 Å². The van der Waals surface area contributed by atoms with Crippen LogP contribution in [0.25, 0.3) is 0 Å². The van der Waals surface area contributed by atoms with E-state index in [4.69, 9.17) is 16.3 Å². The van der Waals surface area contributed by atoms with Crippen LogP contribution in [-0.2, 0) is 32.6 Å². The van der Waals surface area contributed by atoms with Crippen LogP contribution in [0, 0.1) is 0 Å². The summed E-state index contributed by atoms with van der Waals surface area (Å²) in [6.45, 7) is 7.28. The number of rotatable bonds is 13. The van der Waals surface area contributed by atoms with Gasteiger partial charge in [-0.15, -0.1) is 0 Å². The van der Waals surface area contributed by atoms with Crippen molar-refractivity contribution in [3.05, 3.63) is 124 Å². The van der Waals surface area contributed by atoms with Gasteiger partial charge >= 0.3 is 0 Å². The molecule has 0 heterocycles. The van der Waals surface area contributed by atoms with Gasteiger partial charge in [0.25, 0.3) is 10.0 Å². The van der Waals surface area contributed by atoms with Crippen LogP contribution < -0.4 is 14.4 Å². The van der Waals surface area contributed by atoms with Crippen LogP contribution in [0.2, 0.25) is 5.02 Å². The first-order valence-electron chi connectivity index (χ1n) is 15.2. The van der Waals surface area contributed by atoms with Crippen LogP contribution in [0.15, 0.2) is 112 Å². The maximum Gasteiger partial charge on any atom is 0.264 e. The summed E-state index contributed by atoms with van der Waals surface area (Å²) in [5.41, 5.74) is 1.13. The fraction of sp³-hybridized carbons (Fsp3) is 0.278. The highest BCUT2D eigenvalue weighted by Gasteiger charge is 2.36. The fourth-order valence-corrected chi connectivity index (χ4v) is 6.83. The first-order chi connectivity index (χ1) is 22.3. The molecule has 47 heavy (non-hydrogen) atoms. The Labute approximate surface area is 290 Å². The molecule has 0 fully saturated rings. The van der Waals surface area contributed by atoms with E-state index in [0.29, 0.717) is 27.4 Å². The minimum absolute atomic E-state index is 0.00588. The number of anilines is 1. The molecule has 0 aliphatic heterocycles. The second-order valence-corrected chi connectivity index (χ2v) is 15.1. The number of benzene rings is 4. The van der Waals surface area contributed by atoms with E-state index >= 15 is 0 Å². The zero-order valence-corrected chi connectivity index (χ0v) is 30.0. The molecule has 4 aromatic rings. The van der Waals surface area contributed by atoms with Gasteiger partial charge in [-0.2, -0.15) is 0 Å². The summed E-state index contributed by atoms with van der Waals surface area (Å²) in [7, 11) is -4.24. The van der Waals surface area contributed by atoms with Crippen LogP contribution in [0.1, 0.15) is 38.8 Å². The highest BCUT2D eigenvalue weighted by Crippen LogP contribution is 2.28. The Hall–Kier alpha value is -3.86. The molecular weight excluding hydrogens is 702 g/mol.